The van der Waals surface area contributed by atoms with Gasteiger partial charge in [-0.25, -0.2) is 0 Å². The summed E-state index contributed by atoms with van der Waals surface area (Å²) in [5, 5.41) is 3.53. The molecule has 18 heavy (non-hydrogen) atoms. The minimum Gasteiger partial charge on any atom is -0.310 e. The molecule has 1 aromatic rings. The number of azide groups is 1. The van der Waals surface area contributed by atoms with Crippen molar-refractivity contribution in [3.05, 3.63) is 32.9 Å². The SMILES string of the molecule is Cc1ncc(Br)cc1N1CC(CN=[N+]=[N-])CC1=O. The summed E-state index contributed by atoms with van der Waals surface area (Å²) in [6.07, 6.45) is 2.13. The maximum atomic E-state index is 12.0. The van der Waals surface area contributed by atoms with Gasteiger partial charge in [0, 0.05) is 35.1 Å². The van der Waals surface area contributed by atoms with E-state index in [-0.39, 0.29) is 11.8 Å². The van der Waals surface area contributed by atoms with Gasteiger partial charge in [-0.05, 0) is 40.4 Å². The van der Waals surface area contributed by atoms with Crippen LogP contribution < -0.4 is 4.90 Å². The molecule has 1 saturated heterocycles. The van der Waals surface area contributed by atoms with Crippen LogP contribution in [0.5, 0.6) is 0 Å². The summed E-state index contributed by atoms with van der Waals surface area (Å²) in [6, 6.07) is 1.89. The van der Waals surface area contributed by atoms with E-state index in [1.54, 1.807) is 11.1 Å². The molecule has 1 atom stereocenters. The number of aromatic nitrogens is 1. The van der Waals surface area contributed by atoms with Gasteiger partial charge in [-0.15, -0.1) is 0 Å². The van der Waals surface area contributed by atoms with Gasteiger partial charge in [0.15, 0.2) is 0 Å². The minimum atomic E-state index is 0.0520. The molecule has 1 aliphatic heterocycles. The molecule has 0 bridgehead atoms. The van der Waals surface area contributed by atoms with E-state index in [1.807, 2.05) is 13.0 Å². The standard InChI is InChI=1S/C11H12BrN5O/c1-7-10(3-9(12)5-14-7)17-6-8(2-11(17)18)4-15-16-13/h3,5,8H,2,4,6H2,1H3. The van der Waals surface area contributed by atoms with Crippen molar-refractivity contribution in [2.75, 3.05) is 18.0 Å². The van der Waals surface area contributed by atoms with Gasteiger partial charge >= 0.3 is 0 Å². The number of carbonyl (C=O) groups excluding carboxylic acids is 1. The fourth-order valence-electron chi connectivity index (χ4n) is 2.06. The molecule has 0 radical (unpaired) electrons. The van der Waals surface area contributed by atoms with Crippen LogP contribution >= 0.6 is 15.9 Å². The molecule has 6 nitrogen and oxygen atoms in total. The summed E-state index contributed by atoms with van der Waals surface area (Å²) < 4.78 is 0.842. The minimum absolute atomic E-state index is 0.0520. The Morgan fingerprint density at radius 1 is 1.72 bits per heavy atom. The Hall–Kier alpha value is -1.59. The number of nitrogens with zero attached hydrogens (tertiary/aromatic N) is 5. The molecule has 2 heterocycles. The fraction of sp³-hybridized carbons (Fsp3) is 0.455. The highest BCUT2D eigenvalue weighted by Crippen LogP contribution is 2.29. The predicted octanol–water partition coefficient (Wildman–Crippen LogP) is 2.82. The van der Waals surface area contributed by atoms with Crippen molar-refractivity contribution in [1.29, 1.82) is 0 Å². The van der Waals surface area contributed by atoms with E-state index in [4.69, 9.17) is 5.53 Å². The average Bonchev–Trinajstić information content (AvgIpc) is 2.71. The van der Waals surface area contributed by atoms with Crippen molar-refractivity contribution in [1.82, 2.24) is 4.98 Å². The normalized spacial score (nSPS) is 18.9. The molecule has 0 saturated carbocycles. The van der Waals surface area contributed by atoms with Crippen LogP contribution in [0.2, 0.25) is 0 Å². The summed E-state index contributed by atoms with van der Waals surface area (Å²) >= 11 is 3.35. The number of halogens is 1. The van der Waals surface area contributed by atoms with Crippen molar-refractivity contribution in [2.45, 2.75) is 13.3 Å². The lowest BCUT2D eigenvalue weighted by molar-refractivity contribution is -0.117. The van der Waals surface area contributed by atoms with Crippen LogP contribution in [0.25, 0.3) is 10.4 Å². The quantitative estimate of drug-likeness (QED) is 0.488. The van der Waals surface area contributed by atoms with Crippen LogP contribution in [0.3, 0.4) is 0 Å². The summed E-state index contributed by atoms with van der Waals surface area (Å²) in [5.41, 5.74) is 9.93. The number of aryl methyl sites for hydroxylation is 1. The molecule has 7 heteroatoms. The van der Waals surface area contributed by atoms with E-state index in [0.29, 0.717) is 19.5 Å². The largest absolute Gasteiger partial charge is 0.310 e. The number of hydrogen-bond acceptors (Lipinski definition) is 3. The van der Waals surface area contributed by atoms with Gasteiger partial charge in [-0.1, -0.05) is 5.11 Å². The Labute approximate surface area is 113 Å². The number of rotatable bonds is 3. The molecule has 0 spiro atoms. The van der Waals surface area contributed by atoms with Gasteiger partial charge in [0.2, 0.25) is 5.91 Å². The Morgan fingerprint density at radius 3 is 3.22 bits per heavy atom. The van der Waals surface area contributed by atoms with E-state index in [2.05, 4.69) is 30.9 Å². The zero-order valence-corrected chi connectivity index (χ0v) is 11.5. The maximum Gasteiger partial charge on any atom is 0.227 e. The lowest BCUT2D eigenvalue weighted by Crippen LogP contribution is -2.25. The molecule has 1 amide bonds. The van der Waals surface area contributed by atoms with Gasteiger partial charge in [0.1, 0.15) is 0 Å². The Kier molecular flexibility index (Phi) is 3.84. The topological polar surface area (TPSA) is 82.0 Å². The Morgan fingerprint density at radius 2 is 2.50 bits per heavy atom. The molecular weight excluding hydrogens is 298 g/mol. The van der Waals surface area contributed by atoms with Crippen LogP contribution in [0, 0.1) is 12.8 Å². The first-order chi connectivity index (χ1) is 8.61. The van der Waals surface area contributed by atoms with E-state index in [1.165, 1.54) is 0 Å². The highest BCUT2D eigenvalue weighted by molar-refractivity contribution is 9.10. The number of hydrogen-bond donors (Lipinski definition) is 0. The third-order valence-electron chi connectivity index (χ3n) is 2.93. The van der Waals surface area contributed by atoms with Crippen molar-refractivity contribution >= 4 is 27.5 Å². The van der Waals surface area contributed by atoms with Crippen LogP contribution in [-0.4, -0.2) is 24.0 Å². The van der Waals surface area contributed by atoms with Gasteiger partial charge < -0.3 is 4.90 Å². The third-order valence-corrected chi connectivity index (χ3v) is 3.36. The second-order valence-corrected chi connectivity index (χ2v) is 5.16. The molecule has 1 aliphatic rings. The summed E-state index contributed by atoms with van der Waals surface area (Å²) in [6.45, 7) is 2.81. The Bertz CT molecular complexity index is 526. The lowest BCUT2D eigenvalue weighted by atomic mass is 10.1. The van der Waals surface area contributed by atoms with Gasteiger partial charge in [0.05, 0.1) is 11.4 Å². The molecule has 0 aromatic carbocycles. The average molecular weight is 310 g/mol. The number of pyridine rings is 1. The van der Waals surface area contributed by atoms with Gasteiger partial charge in [-0.3, -0.25) is 9.78 Å². The molecule has 1 aromatic heterocycles. The van der Waals surface area contributed by atoms with Gasteiger partial charge in [0.25, 0.3) is 0 Å². The Balaban J connectivity index is 2.21. The van der Waals surface area contributed by atoms with Crippen molar-refractivity contribution in [3.8, 4) is 0 Å². The highest BCUT2D eigenvalue weighted by Gasteiger charge is 2.31. The second kappa shape index (κ2) is 5.37. The monoisotopic (exact) mass is 309 g/mol. The van der Waals surface area contributed by atoms with Crippen molar-refractivity contribution in [3.63, 3.8) is 0 Å². The van der Waals surface area contributed by atoms with Gasteiger partial charge in [-0.2, -0.15) is 0 Å². The number of amides is 1. The van der Waals surface area contributed by atoms with Crippen LogP contribution in [-0.2, 0) is 4.79 Å². The predicted molar refractivity (Wildman–Crippen MR) is 71.1 cm³/mol. The van der Waals surface area contributed by atoms with Crippen molar-refractivity contribution < 1.29 is 4.79 Å². The molecule has 1 unspecified atom stereocenters. The number of anilines is 1. The fourth-order valence-corrected chi connectivity index (χ4v) is 2.38. The molecule has 2 rings (SSSR count). The zero-order valence-electron chi connectivity index (χ0n) is 9.88. The van der Waals surface area contributed by atoms with Crippen molar-refractivity contribution in [2.24, 2.45) is 11.0 Å². The van der Waals surface area contributed by atoms with E-state index < -0.39 is 0 Å². The zero-order chi connectivity index (χ0) is 13.1. The molecule has 0 N–H and O–H groups in total. The van der Waals surface area contributed by atoms with E-state index in [0.717, 1.165) is 15.9 Å². The van der Waals surface area contributed by atoms with E-state index in [9.17, 15) is 4.79 Å². The van der Waals surface area contributed by atoms with E-state index >= 15 is 0 Å². The lowest BCUT2D eigenvalue weighted by Gasteiger charge is -2.18. The smallest absolute Gasteiger partial charge is 0.227 e. The first kappa shape index (κ1) is 12.9. The summed E-state index contributed by atoms with van der Waals surface area (Å²) in [5.74, 6) is 0.142. The summed E-state index contributed by atoms with van der Waals surface area (Å²) in [7, 11) is 0. The molecule has 1 fully saturated rings. The second-order valence-electron chi connectivity index (χ2n) is 4.25. The molecular formula is C11H12BrN5O. The molecule has 94 valence electrons. The van der Waals surface area contributed by atoms with Crippen LogP contribution in [0.1, 0.15) is 12.1 Å². The molecule has 0 aliphatic carbocycles. The highest BCUT2D eigenvalue weighted by atomic mass is 79.9. The summed E-state index contributed by atoms with van der Waals surface area (Å²) in [4.78, 5) is 20.6. The van der Waals surface area contributed by atoms with Crippen LogP contribution in [0.15, 0.2) is 21.9 Å². The first-order valence-corrected chi connectivity index (χ1v) is 6.34. The third kappa shape index (κ3) is 2.63. The first-order valence-electron chi connectivity index (χ1n) is 5.55. The van der Waals surface area contributed by atoms with Crippen LogP contribution in [0.4, 0.5) is 5.69 Å². The number of carbonyl (C=O) groups is 1. The maximum absolute atomic E-state index is 12.0.